The van der Waals surface area contributed by atoms with E-state index < -0.39 is 5.60 Å². The van der Waals surface area contributed by atoms with Gasteiger partial charge in [0, 0.05) is 6.61 Å². The van der Waals surface area contributed by atoms with Gasteiger partial charge in [0.25, 0.3) is 0 Å². The lowest BCUT2D eigenvalue weighted by Gasteiger charge is -2.26. The van der Waals surface area contributed by atoms with Crippen molar-refractivity contribution < 1.29 is 4.74 Å². The second-order valence-corrected chi connectivity index (χ2v) is 2.65. The van der Waals surface area contributed by atoms with Crippen LogP contribution in [0.2, 0.25) is 0 Å². The third kappa shape index (κ3) is 1.43. The van der Waals surface area contributed by atoms with Crippen LogP contribution >= 0.6 is 0 Å². The van der Waals surface area contributed by atoms with Crippen LogP contribution in [0.3, 0.4) is 0 Å². The van der Waals surface area contributed by atoms with Gasteiger partial charge in [-0.1, -0.05) is 0 Å². The minimum Gasteiger partial charge on any atom is -0.360 e. The lowest BCUT2D eigenvalue weighted by Crippen LogP contribution is -2.30. The third-order valence-electron chi connectivity index (χ3n) is 1.71. The highest BCUT2D eigenvalue weighted by Gasteiger charge is 2.26. The highest BCUT2D eigenvalue weighted by Crippen LogP contribution is 2.22. The Labute approximate surface area is 55.4 Å². The van der Waals surface area contributed by atoms with E-state index in [1.165, 1.54) is 0 Å². The van der Waals surface area contributed by atoms with Crippen molar-refractivity contribution in [1.29, 1.82) is 5.26 Å². The molecular formula is C7H11NO. The van der Waals surface area contributed by atoms with Gasteiger partial charge in [0.2, 0.25) is 0 Å². The molecule has 0 aromatic carbocycles. The maximum Gasteiger partial charge on any atom is 0.151 e. The van der Waals surface area contributed by atoms with Gasteiger partial charge in [-0.05, 0) is 26.2 Å². The summed E-state index contributed by atoms with van der Waals surface area (Å²) in [5, 5.41) is 8.58. The van der Waals surface area contributed by atoms with Gasteiger partial charge in [0.15, 0.2) is 5.60 Å². The molecule has 0 spiro atoms. The lowest BCUT2D eigenvalue weighted by atomic mass is 9.98. The summed E-state index contributed by atoms with van der Waals surface area (Å²) >= 11 is 0. The molecule has 0 radical (unpaired) electrons. The smallest absolute Gasteiger partial charge is 0.151 e. The molecule has 0 aliphatic carbocycles. The van der Waals surface area contributed by atoms with Gasteiger partial charge in [-0.2, -0.15) is 5.26 Å². The summed E-state index contributed by atoms with van der Waals surface area (Å²) in [5.41, 5.74) is -0.474. The summed E-state index contributed by atoms with van der Waals surface area (Å²) in [7, 11) is 0. The van der Waals surface area contributed by atoms with Crippen molar-refractivity contribution in [2.45, 2.75) is 31.8 Å². The Balaban J connectivity index is 2.49. The monoisotopic (exact) mass is 125 g/mol. The Morgan fingerprint density at radius 1 is 1.56 bits per heavy atom. The zero-order chi connectivity index (χ0) is 6.74. The normalized spacial score (nSPS) is 35.6. The van der Waals surface area contributed by atoms with Crippen molar-refractivity contribution in [1.82, 2.24) is 0 Å². The zero-order valence-electron chi connectivity index (χ0n) is 5.68. The molecule has 0 aromatic heterocycles. The number of hydrogen-bond donors (Lipinski definition) is 0. The van der Waals surface area contributed by atoms with E-state index in [-0.39, 0.29) is 0 Å². The molecule has 0 bridgehead atoms. The predicted octanol–water partition coefficient (Wildman–Crippen LogP) is 1.47. The summed E-state index contributed by atoms with van der Waals surface area (Å²) in [6.45, 7) is 2.61. The van der Waals surface area contributed by atoms with E-state index in [1.54, 1.807) is 0 Å². The molecule has 1 fully saturated rings. The van der Waals surface area contributed by atoms with E-state index in [9.17, 15) is 0 Å². The maximum atomic E-state index is 8.58. The van der Waals surface area contributed by atoms with Crippen LogP contribution in [0.1, 0.15) is 26.2 Å². The fourth-order valence-corrected chi connectivity index (χ4v) is 1.02. The molecule has 1 heterocycles. The van der Waals surface area contributed by atoms with Crippen LogP contribution < -0.4 is 0 Å². The second kappa shape index (κ2) is 2.36. The topological polar surface area (TPSA) is 33.0 Å². The Morgan fingerprint density at radius 3 is 2.67 bits per heavy atom. The summed E-state index contributed by atoms with van der Waals surface area (Å²) < 4.78 is 5.25. The van der Waals surface area contributed by atoms with Crippen molar-refractivity contribution in [2.24, 2.45) is 0 Å². The van der Waals surface area contributed by atoms with Crippen molar-refractivity contribution in [3.05, 3.63) is 0 Å². The van der Waals surface area contributed by atoms with Crippen LogP contribution in [-0.2, 0) is 4.74 Å². The molecule has 2 nitrogen and oxygen atoms in total. The number of ether oxygens (including phenoxy) is 1. The molecule has 2 heteroatoms. The highest BCUT2D eigenvalue weighted by molar-refractivity contribution is 4.99. The zero-order valence-corrected chi connectivity index (χ0v) is 5.68. The molecule has 1 aliphatic rings. The van der Waals surface area contributed by atoms with Gasteiger partial charge >= 0.3 is 0 Å². The average Bonchev–Trinajstić information content (AvgIpc) is 1.90. The quantitative estimate of drug-likeness (QED) is 0.491. The second-order valence-electron chi connectivity index (χ2n) is 2.65. The Bertz CT molecular complexity index is 130. The predicted molar refractivity (Wildman–Crippen MR) is 33.8 cm³/mol. The van der Waals surface area contributed by atoms with Crippen LogP contribution in [-0.4, -0.2) is 12.2 Å². The van der Waals surface area contributed by atoms with E-state index in [0.29, 0.717) is 0 Å². The minimum atomic E-state index is -0.474. The first kappa shape index (κ1) is 6.57. The maximum absolute atomic E-state index is 8.58. The van der Waals surface area contributed by atoms with Gasteiger partial charge in [-0.25, -0.2) is 0 Å². The van der Waals surface area contributed by atoms with Crippen LogP contribution in [0.15, 0.2) is 0 Å². The van der Waals surface area contributed by atoms with Crippen molar-refractivity contribution in [3.63, 3.8) is 0 Å². The fourth-order valence-electron chi connectivity index (χ4n) is 1.02. The van der Waals surface area contributed by atoms with Crippen molar-refractivity contribution >= 4 is 0 Å². The number of nitrogens with zero attached hydrogens (tertiary/aromatic N) is 1. The molecule has 0 N–H and O–H groups in total. The Hall–Kier alpha value is -0.550. The van der Waals surface area contributed by atoms with Gasteiger partial charge < -0.3 is 4.74 Å². The first-order valence-electron chi connectivity index (χ1n) is 3.32. The molecule has 1 saturated heterocycles. The van der Waals surface area contributed by atoms with E-state index in [0.717, 1.165) is 25.9 Å². The standard InChI is InChI=1S/C7H11NO/c1-7(6-8)4-2-3-5-9-7/h2-5H2,1H3. The molecule has 50 valence electrons. The number of nitriles is 1. The van der Waals surface area contributed by atoms with E-state index in [1.807, 2.05) is 6.92 Å². The SMILES string of the molecule is CC1(C#N)CCCCO1. The van der Waals surface area contributed by atoms with Crippen molar-refractivity contribution in [3.8, 4) is 6.07 Å². The van der Waals surface area contributed by atoms with Crippen LogP contribution in [0.5, 0.6) is 0 Å². The molecule has 1 atom stereocenters. The first-order valence-corrected chi connectivity index (χ1v) is 3.32. The summed E-state index contributed by atoms with van der Waals surface area (Å²) in [6, 6.07) is 2.16. The number of rotatable bonds is 0. The molecule has 0 aromatic rings. The molecule has 1 rings (SSSR count). The molecule has 0 saturated carbocycles. The van der Waals surface area contributed by atoms with Crippen LogP contribution in [0.25, 0.3) is 0 Å². The van der Waals surface area contributed by atoms with Crippen LogP contribution in [0.4, 0.5) is 0 Å². The summed E-state index contributed by atoms with van der Waals surface area (Å²) in [6.07, 6.45) is 3.13. The molecule has 1 unspecified atom stereocenters. The highest BCUT2D eigenvalue weighted by atomic mass is 16.5. The number of hydrogen-bond acceptors (Lipinski definition) is 2. The van der Waals surface area contributed by atoms with Crippen LogP contribution in [0, 0.1) is 11.3 Å². The van der Waals surface area contributed by atoms with Gasteiger partial charge in [-0.15, -0.1) is 0 Å². The third-order valence-corrected chi connectivity index (χ3v) is 1.71. The minimum absolute atomic E-state index is 0.474. The molecular weight excluding hydrogens is 114 g/mol. The van der Waals surface area contributed by atoms with Gasteiger partial charge in [0.05, 0.1) is 6.07 Å². The van der Waals surface area contributed by atoms with E-state index in [2.05, 4.69) is 6.07 Å². The summed E-state index contributed by atoms with van der Waals surface area (Å²) in [5.74, 6) is 0. The summed E-state index contributed by atoms with van der Waals surface area (Å²) in [4.78, 5) is 0. The average molecular weight is 125 g/mol. The molecule has 1 aliphatic heterocycles. The van der Waals surface area contributed by atoms with Gasteiger partial charge in [0.1, 0.15) is 0 Å². The molecule has 0 amide bonds. The lowest BCUT2D eigenvalue weighted by molar-refractivity contribution is -0.0240. The Kier molecular flexibility index (Phi) is 1.73. The fraction of sp³-hybridized carbons (Fsp3) is 0.857. The Morgan fingerprint density at radius 2 is 2.33 bits per heavy atom. The largest absolute Gasteiger partial charge is 0.360 e. The van der Waals surface area contributed by atoms with Crippen molar-refractivity contribution in [2.75, 3.05) is 6.61 Å². The van der Waals surface area contributed by atoms with E-state index in [4.69, 9.17) is 10.00 Å². The van der Waals surface area contributed by atoms with Gasteiger partial charge in [-0.3, -0.25) is 0 Å². The van der Waals surface area contributed by atoms with E-state index >= 15 is 0 Å². The molecule has 9 heavy (non-hydrogen) atoms. The first-order chi connectivity index (χ1) is 4.27.